The minimum Gasteiger partial charge on any atom is -0.444 e. The number of aryl methyl sites for hydroxylation is 1. The van der Waals surface area contributed by atoms with Crippen LogP contribution in [0.2, 0.25) is 0 Å². The van der Waals surface area contributed by atoms with Gasteiger partial charge in [0.05, 0.1) is 18.2 Å². The standard InChI is InChI=1S/C16H25N3O3S/c1-9-8-23-11(18-9)7-17-13-12(10-5-6-21-14(10)13)19-15(20)22-16(2,3)4/h8,10,12-14,17H,5-7H2,1-4H3,(H,19,20). The summed E-state index contributed by atoms with van der Waals surface area (Å²) in [6.45, 7) is 9.06. The Labute approximate surface area is 141 Å². The van der Waals surface area contributed by atoms with Gasteiger partial charge in [0.15, 0.2) is 0 Å². The number of amides is 1. The molecule has 128 valence electrons. The Bertz CT molecular complexity index is 569. The molecule has 2 fully saturated rings. The third-order valence-electron chi connectivity index (χ3n) is 4.22. The number of carbonyl (C=O) groups is 1. The predicted molar refractivity (Wildman–Crippen MR) is 88.5 cm³/mol. The minimum absolute atomic E-state index is 0.0541. The van der Waals surface area contributed by atoms with E-state index in [1.54, 1.807) is 11.3 Å². The van der Waals surface area contributed by atoms with E-state index in [0.29, 0.717) is 12.5 Å². The molecule has 3 rings (SSSR count). The van der Waals surface area contributed by atoms with Crippen molar-refractivity contribution in [3.63, 3.8) is 0 Å². The first kappa shape index (κ1) is 16.7. The molecule has 1 aromatic rings. The topological polar surface area (TPSA) is 72.5 Å². The molecule has 7 heteroatoms. The molecule has 1 aliphatic carbocycles. The van der Waals surface area contributed by atoms with Crippen LogP contribution in [-0.4, -0.2) is 41.5 Å². The quantitative estimate of drug-likeness (QED) is 0.880. The monoisotopic (exact) mass is 339 g/mol. The number of alkyl carbamates (subject to hydrolysis) is 1. The number of rotatable bonds is 4. The maximum absolute atomic E-state index is 12.1. The first-order valence-electron chi connectivity index (χ1n) is 8.09. The van der Waals surface area contributed by atoms with Gasteiger partial charge >= 0.3 is 6.09 Å². The minimum atomic E-state index is -0.485. The van der Waals surface area contributed by atoms with Crippen LogP contribution < -0.4 is 10.6 Å². The van der Waals surface area contributed by atoms with Gasteiger partial charge in [-0.2, -0.15) is 0 Å². The van der Waals surface area contributed by atoms with Gasteiger partial charge in [0.1, 0.15) is 10.6 Å². The normalized spacial score (nSPS) is 29.7. The molecule has 1 saturated heterocycles. The molecule has 0 bridgehead atoms. The van der Waals surface area contributed by atoms with Gasteiger partial charge in [-0.3, -0.25) is 0 Å². The Morgan fingerprint density at radius 2 is 2.26 bits per heavy atom. The molecule has 1 saturated carbocycles. The highest BCUT2D eigenvalue weighted by Crippen LogP contribution is 2.39. The molecule has 6 nitrogen and oxygen atoms in total. The molecule has 0 spiro atoms. The molecule has 2 aliphatic rings. The molecule has 1 aliphatic heterocycles. The van der Waals surface area contributed by atoms with Crippen molar-refractivity contribution in [3.8, 4) is 0 Å². The number of hydrogen-bond acceptors (Lipinski definition) is 6. The first-order chi connectivity index (χ1) is 10.8. The Kier molecular flexibility index (Phi) is 4.62. The third kappa shape index (κ3) is 3.84. The summed E-state index contributed by atoms with van der Waals surface area (Å²) in [5.41, 5.74) is 0.555. The van der Waals surface area contributed by atoms with Gasteiger partial charge in [0, 0.05) is 30.1 Å². The van der Waals surface area contributed by atoms with Crippen molar-refractivity contribution in [3.05, 3.63) is 16.1 Å². The zero-order valence-corrected chi connectivity index (χ0v) is 14.9. The Morgan fingerprint density at radius 3 is 2.91 bits per heavy atom. The SMILES string of the molecule is Cc1csc(CNC2C(NC(=O)OC(C)(C)C)C3CCOC32)n1. The summed E-state index contributed by atoms with van der Waals surface area (Å²) in [6.07, 6.45) is 0.806. The van der Waals surface area contributed by atoms with Crippen LogP contribution in [0.4, 0.5) is 4.79 Å². The number of carbonyl (C=O) groups excluding carboxylic acids is 1. The fourth-order valence-electron chi connectivity index (χ4n) is 3.28. The highest BCUT2D eigenvalue weighted by Gasteiger charge is 2.54. The number of aromatic nitrogens is 1. The van der Waals surface area contributed by atoms with E-state index in [0.717, 1.165) is 23.7 Å². The van der Waals surface area contributed by atoms with Crippen molar-refractivity contribution in [2.75, 3.05) is 6.61 Å². The summed E-state index contributed by atoms with van der Waals surface area (Å²) in [6, 6.07) is 0.164. The van der Waals surface area contributed by atoms with Crippen molar-refractivity contribution in [1.29, 1.82) is 0 Å². The van der Waals surface area contributed by atoms with Gasteiger partial charge in [-0.25, -0.2) is 9.78 Å². The summed E-state index contributed by atoms with van der Waals surface area (Å²) in [4.78, 5) is 16.5. The largest absolute Gasteiger partial charge is 0.444 e. The zero-order chi connectivity index (χ0) is 16.6. The second-order valence-electron chi connectivity index (χ2n) is 7.25. The van der Waals surface area contributed by atoms with Crippen LogP contribution in [0.25, 0.3) is 0 Å². The maximum Gasteiger partial charge on any atom is 0.407 e. The molecule has 2 heterocycles. The highest BCUT2D eigenvalue weighted by atomic mass is 32.1. The van der Waals surface area contributed by atoms with Crippen molar-refractivity contribution >= 4 is 17.4 Å². The molecule has 23 heavy (non-hydrogen) atoms. The number of fused-ring (bicyclic) bond motifs is 1. The molecule has 4 atom stereocenters. The van der Waals surface area contributed by atoms with Crippen molar-refractivity contribution < 1.29 is 14.3 Å². The lowest BCUT2D eigenvalue weighted by atomic mass is 9.71. The lowest BCUT2D eigenvalue weighted by molar-refractivity contribution is -0.0344. The van der Waals surface area contributed by atoms with E-state index in [1.807, 2.05) is 33.1 Å². The van der Waals surface area contributed by atoms with E-state index in [9.17, 15) is 4.79 Å². The second kappa shape index (κ2) is 6.37. The average molecular weight is 339 g/mol. The smallest absolute Gasteiger partial charge is 0.407 e. The Morgan fingerprint density at radius 1 is 1.48 bits per heavy atom. The van der Waals surface area contributed by atoms with Gasteiger partial charge in [0.2, 0.25) is 0 Å². The molecular formula is C16H25N3O3S. The first-order valence-corrected chi connectivity index (χ1v) is 8.97. The number of ether oxygens (including phenoxy) is 2. The number of nitrogens with one attached hydrogen (secondary N) is 2. The maximum atomic E-state index is 12.1. The molecule has 4 unspecified atom stereocenters. The fraction of sp³-hybridized carbons (Fsp3) is 0.750. The molecule has 1 aromatic heterocycles. The van der Waals surface area contributed by atoms with Gasteiger partial charge in [-0.15, -0.1) is 11.3 Å². The van der Waals surface area contributed by atoms with Crippen LogP contribution in [0.3, 0.4) is 0 Å². The Balaban J connectivity index is 1.57. The van der Waals surface area contributed by atoms with Crippen LogP contribution in [0, 0.1) is 12.8 Å². The lowest BCUT2D eigenvalue weighted by Gasteiger charge is -2.48. The highest BCUT2D eigenvalue weighted by molar-refractivity contribution is 7.09. The van der Waals surface area contributed by atoms with Crippen molar-refractivity contribution in [1.82, 2.24) is 15.6 Å². The second-order valence-corrected chi connectivity index (χ2v) is 8.19. The molecule has 1 amide bonds. The molecule has 2 N–H and O–H groups in total. The van der Waals surface area contributed by atoms with Crippen LogP contribution >= 0.6 is 11.3 Å². The third-order valence-corrected chi connectivity index (χ3v) is 5.19. The molecular weight excluding hydrogens is 314 g/mol. The fourth-order valence-corrected chi connectivity index (χ4v) is 4.00. The summed E-state index contributed by atoms with van der Waals surface area (Å²) in [5.74, 6) is 0.373. The summed E-state index contributed by atoms with van der Waals surface area (Å²) >= 11 is 1.65. The Hall–Kier alpha value is -1.18. The predicted octanol–water partition coefficient (Wildman–Crippen LogP) is 2.22. The van der Waals surface area contributed by atoms with E-state index < -0.39 is 5.60 Å². The van der Waals surface area contributed by atoms with Gasteiger partial charge in [0.25, 0.3) is 0 Å². The summed E-state index contributed by atoms with van der Waals surface area (Å²) in [5, 5.41) is 9.61. The van der Waals surface area contributed by atoms with Crippen LogP contribution in [0.5, 0.6) is 0 Å². The van der Waals surface area contributed by atoms with Gasteiger partial charge < -0.3 is 20.1 Å². The lowest BCUT2D eigenvalue weighted by Crippen LogP contribution is -2.70. The molecule has 0 aromatic carbocycles. The van der Waals surface area contributed by atoms with E-state index in [1.165, 1.54) is 0 Å². The van der Waals surface area contributed by atoms with E-state index in [2.05, 4.69) is 15.6 Å². The van der Waals surface area contributed by atoms with Gasteiger partial charge in [-0.05, 0) is 34.1 Å². The van der Waals surface area contributed by atoms with Crippen LogP contribution in [0.1, 0.15) is 37.9 Å². The molecule has 0 radical (unpaired) electrons. The number of hydrogen-bond donors (Lipinski definition) is 2. The van der Waals surface area contributed by atoms with Crippen LogP contribution in [-0.2, 0) is 16.0 Å². The van der Waals surface area contributed by atoms with Gasteiger partial charge in [-0.1, -0.05) is 0 Å². The van der Waals surface area contributed by atoms with E-state index >= 15 is 0 Å². The van der Waals surface area contributed by atoms with E-state index in [4.69, 9.17) is 9.47 Å². The van der Waals surface area contributed by atoms with Crippen molar-refractivity contribution in [2.24, 2.45) is 5.92 Å². The number of thiazole rings is 1. The number of nitrogens with zero attached hydrogens (tertiary/aromatic N) is 1. The van der Waals surface area contributed by atoms with E-state index in [-0.39, 0.29) is 24.3 Å². The average Bonchev–Trinajstić information content (AvgIpc) is 3.02. The zero-order valence-electron chi connectivity index (χ0n) is 14.1. The van der Waals surface area contributed by atoms with Crippen molar-refractivity contribution in [2.45, 2.75) is 64.4 Å². The summed E-state index contributed by atoms with van der Waals surface area (Å²) in [7, 11) is 0. The summed E-state index contributed by atoms with van der Waals surface area (Å²) < 4.78 is 11.2. The van der Waals surface area contributed by atoms with Crippen LogP contribution in [0.15, 0.2) is 5.38 Å².